The van der Waals surface area contributed by atoms with Gasteiger partial charge in [-0.3, -0.25) is 15.2 Å². The van der Waals surface area contributed by atoms with Crippen LogP contribution in [0.2, 0.25) is 0 Å². The van der Waals surface area contributed by atoms with E-state index in [1.54, 1.807) is 19.3 Å². The third kappa shape index (κ3) is 3.29. The van der Waals surface area contributed by atoms with Gasteiger partial charge < -0.3 is 15.0 Å². The van der Waals surface area contributed by atoms with Gasteiger partial charge in [0, 0.05) is 37.1 Å². The first-order chi connectivity index (χ1) is 12.0. The molecule has 10 nitrogen and oxygen atoms in total. The number of hydrogen-bond donors (Lipinski definition) is 2. The van der Waals surface area contributed by atoms with Crippen LogP contribution in [-0.2, 0) is 4.74 Å². The van der Waals surface area contributed by atoms with Crippen LogP contribution in [-0.4, -0.2) is 52.8 Å². The van der Waals surface area contributed by atoms with Crippen molar-refractivity contribution in [1.29, 1.82) is 0 Å². The Bertz CT molecular complexity index is 792. The van der Waals surface area contributed by atoms with Crippen molar-refractivity contribution in [3.05, 3.63) is 45.4 Å². The van der Waals surface area contributed by atoms with Crippen LogP contribution >= 0.6 is 0 Å². The predicted octanol–water partition coefficient (Wildman–Crippen LogP) is 0.959. The van der Waals surface area contributed by atoms with Crippen molar-refractivity contribution in [3.8, 4) is 0 Å². The van der Waals surface area contributed by atoms with Crippen LogP contribution in [0.4, 0.5) is 11.5 Å². The number of esters is 1. The van der Waals surface area contributed by atoms with Crippen LogP contribution in [0.25, 0.3) is 0 Å². The zero-order valence-electron chi connectivity index (χ0n) is 13.9. The van der Waals surface area contributed by atoms with E-state index >= 15 is 0 Å². The summed E-state index contributed by atoms with van der Waals surface area (Å²) in [6.07, 6.45) is 3.48. The lowest BCUT2D eigenvalue weighted by Crippen LogP contribution is -2.46. The maximum absolute atomic E-state index is 12.0. The van der Waals surface area contributed by atoms with Gasteiger partial charge in [0.25, 0.3) is 0 Å². The Kier molecular flexibility index (Phi) is 4.61. The molecule has 0 bridgehead atoms. The molecule has 0 aromatic carbocycles. The Balaban J connectivity index is 2.02. The van der Waals surface area contributed by atoms with Gasteiger partial charge in [-0.05, 0) is 13.0 Å². The number of H-pyrrole nitrogens is 1. The van der Waals surface area contributed by atoms with E-state index in [9.17, 15) is 14.9 Å². The summed E-state index contributed by atoms with van der Waals surface area (Å²) in [5.74, 6) is -0.569. The van der Waals surface area contributed by atoms with Crippen LogP contribution in [0.3, 0.4) is 0 Å². The van der Waals surface area contributed by atoms with Gasteiger partial charge in [-0.2, -0.15) is 5.10 Å². The van der Waals surface area contributed by atoms with E-state index in [0.29, 0.717) is 25.3 Å². The molecule has 1 atom stereocenters. The molecule has 1 aliphatic rings. The lowest BCUT2D eigenvalue weighted by molar-refractivity contribution is -0.384. The number of hydrogen-bond acceptors (Lipinski definition) is 8. The highest BCUT2D eigenvalue weighted by Gasteiger charge is 2.33. The molecule has 2 aromatic rings. The van der Waals surface area contributed by atoms with Crippen molar-refractivity contribution in [3.63, 3.8) is 0 Å². The number of carbonyl (C=O) groups is 1. The van der Waals surface area contributed by atoms with E-state index in [1.165, 1.54) is 13.2 Å². The van der Waals surface area contributed by atoms with Crippen LogP contribution in [0.5, 0.6) is 0 Å². The van der Waals surface area contributed by atoms with E-state index < -0.39 is 10.9 Å². The molecule has 1 fully saturated rings. The molecule has 2 N–H and O–H groups in total. The van der Waals surface area contributed by atoms with Crippen molar-refractivity contribution in [2.45, 2.75) is 13.0 Å². The van der Waals surface area contributed by atoms with Gasteiger partial charge in [0.05, 0.1) is 24.3 Å². The number of pyridine rings is 1. The molecule has 1 aliphatic heterocycles. The van der Waals surface area contributed by atoms with Crippen molar-refractivity contribution in [2.75, 3.05) is 31.6 Å². The summed E-state index contributed by atoms with van der Waals surface area (Å²) in [7, 11) is 1.20. The molecule has 25 heavy (non-hydrogen) atoms. The predicted molar refractivity (Wildman–Crippen MR) is 88.5 cm³/mol. The zero-order valence-corrected chi connectivity index (χ0v) is 13.9. The number of piperazine rings is 1. The SMILES string of the molecule is COC(=O)c1cc(C)nc(N2CCNC(c3cn[nH]c3)C2)c1[N+](=O)[O-]. The largest absolute Gasteiger partial charge is 0.465 e. The topological polar surface area (TPSA) is 126 Å². The number of nitrogens with zero attached hydrogens (tertiary/aromatic N) is 4. The molecule has 2 aromatic heterocycles. The summed E-state index contributed by atoms with van der Waals surface area (Å²) in [4.78, 5) is 29.2. The molecule has 3 rings (SSSR count). The minimum atomic E-state index is -0.750. The summed E-state index contributed by atoms with van der Waals surface area (Å²) in [5.41, 5.74) is 1.05. The fourth-order valence-corrected chi connectivity index (χ4v) is 2.93. The zero-order chi connectivity index (χ0) is 18.0. The summed E-state index contributed by atoms with van der Waals surface area (Å²) >= 11 is 0. The lowest BCUT2D eigenvalue weighted by atomic mass is 10.1. The smallest absolute Gasteiger partial charge is 0.345 e. The van der Waals surface area contributed by atoms with Gasteiger partial charge in [-0.25, -0.2) is 9.78 Å². The van der Waals surface area contributed by atoms with Crippen molar-refractivity contribution in [2.24, 2.45) is 0 Å². The fourth-order valence-electron chi connectivity index (χ4n) is 2.93. The van der Waals surface area contributed by atoms with Gasteiger partial charge in [-0.15, -0.1) is 0 Å². The molecule has 132 valence electrons. The standard InChI is InChI=1S/C15H18N6O4/c1-9-5-11(15(22)25-2)13(21(23)24)14(19-9)20-4-3-16-12(8-20)10-6-17-18-7-10/h5-7,12,16H,3-4,8H2,1-2H3,(H,17,18). The van der Waals surface area contributed by atoms with E-state index in [0.717, 1.165) is 5.56 Å². The number of aryl methyl sites for hydroxylation is 1. The van der Waals surface area contributed by atoms with Crippen LogP contribution < -0.4 is 10.2 Å². The van der Waals surface area contributed by atoms with E-state index in [4.69, 9.17) is 4.74 Å². The van der Waals surface area contributed by atoms with Gasteiger partial charge in [0.1, 0.15) is 5.56 Å². The van der Waals surface area contributed by atoms with E-state index in [2.05, 4.69) is 20.5 Å². The van der Waals surface area contributed by atoms with Crippen LogP contribution in [0.1, 0.15) is 27.7 Å². The Hall–Kier alpha value is -3.01. The lowest BCUT2D eigenvalue weighted by Gasteiger charge is -2.34. The molecule has 1 saturated heterocycles. The molecule has 1 unspecified atom stereocenters. The highest BCUT2D eigenvalue weighted by molar-refractivity contribution is 5.96. The average Bonchev–Trinajstić information content (AvgIpc) is 3.14. The highest BCUT2D eigenvalue weighted by Crippen LogP contribution is 2.33. The third-order valence-corrected chi connectivity index (χ3v) is 4.09. The molecular weight excluding hydrogens is 328 g/mol. The monoisotopic (exact) mass is 346 g/mol. The Morgan fingerprint density at radius 2 is 2.32 bits per heavy atom. The second-order valence-corrected chi connectivity index (χ2v) is 5.72. The summed E-state index contributed by atoms with van der Waals surface area (Å²) < 4.78 is 4.69. The van der Waals surface area contributed by atoms with Gasteiger partial charge in [0.2, 0.25) is 5.82 Å². The number of aromatic amines is 1. The molecule has 0 radical (unpaired) electrons. The number of rotatable bonds is 4. The first-order valence-electron chi connectivity index (χ1n) is 7.72. The number of methoxy groups -OCH3 is 1. The van der Waals surface area contributed by atoms with Crippen molar-refractivity contribution < 1.29 is 14.5 Å². The van der Waals surface area contributed by atoms with Gasteiger partial charge >= 0.3 is 11.7 Å². The number of carbonyl (C=O) groups excluding carboxylic acids is 1. The van der Waals surface area contributed by atoms with Crippen LogP contribution in [0, 0.1) is 17.0 Å². The minimum Gasteiger partial charge on any atom is -0.465 e. The van der Waals surface area contributed by atoms with Crippen LogP contribution in [0.15, 0.2) is 18.5 Å². The Labute approximate surface area is 143 Å². The van der Waals surface area contributed by atoms with Crippen molar-refractivity contribution in [1.82, 2.24) is 20.5 Å². The number of anilines is 1. The first kappa shape index (κ1) is 16.8. The third-order valence-electron chi connectivity index (χ3n) is 4.09. The summed E-state index contributed by atoms with van der Waals surface area (Å²) in [6, 6.07) is 1.33. The second kappa shape index (κ2) is 6.85. The first-order valence-corrected chi connectivity index (χ1v) is 7.72. The van der Waals surface area contributed by atoms with E-state index in [-0.39, 0.29) is 23.1 Å². The minimum absolute atomic E-state index is 0.0454. The molecule has 0 spiro atoms. The van der Waals surface area contributed by atoms with Crippen molar-refractivity contribution >= 4 is 17.5 Å². The Morgan fingerprint density at radius 3 is 2.96 bits per heavy atom. The van der Waals surface area contributed by atoms with Gasteiger partial charge in [0.15, 0.2) is 0 Å². The maximum Gasteiger partial charge on any atom is 0.345 e. The van der Waals surface area contributed by atoms with Gasteiger partial charge in [-0.1, -0.05) is 0 Å². The molecular formula is C15H18N6O4. The maximum atomic E-state index is 12.0. The number of aromatic nitrogens is 3. The average molecular weight is 346 g/mol. The summed E-state index contributed by atoms with van der Waals surface area (Å²) in [5, 5.41) is 21.7. The molecule has 0 aliphatic carbocycles. The number of nitro groups is 1. The number of ether oxygens (including phenoxy) is 1. The molecule has 0 amide bonds. The molecule has 3 heterocycles. The van der Waals surface area contributed by atoms with E-state index in [1.807, 2.05) is 4.90 Å². The highest BCUT2D eigenvalue weighted by atomic mass is 16.6. The quantitative estimate of drug-likeness (QED) is 0.476. The molecule has 10 heteroatoms. The number of nitrogens with one attached hydrogen (secondary N) is 2. The normalized spacial score (nSPS) is 17.4. The molecule has 0 saturated carbocycles. The fraction of sp³-hybridized carbons (Fsp3) is 0.400. The summed E-state index contributed by atoms with van der Waals surface area (Å²) in [6.45, 7) is 3.31. The second-order valence-electron chi connectivity index (χ2n) is 5.72. The Morgan fingerprint density at radius 1 is 1.52 bits per heavy atom.